The van der Waals surface area contributed by atoms with Crippen molar-refractivity contribution in [1.82, 2.24) is 9.97 Å². The third-order valence-electron chi connectivity index (χ3n) is 4.05. The van der Waals surface area contributed by atoms with Crippen molar-refractivity contribution in [1.29, 1.82) is 0 Å². The number of anilines is 2. The van der Waals surface area contributed by atoms with Gasteiger partial charge in [-0.1, -0.05) is 31.2 Å². The van der Waals surface area contributed by atoms with Gasteiger partial charge in [0.05, 0.1) is 0 Å². The largest absolute Gasteiger partial charge is 0.352 e. The fourth-order valence-electron chi connectivity index (χ4n) is 2.83. The van der Waals surface area contributed by atoms with Crippen LogP contribution in [0.4, 0.5) is 11.6 Å². The predicted molar refractivity (Wildman–Crippen MR) is 85.2 cm³/mol. The number of hydrogen-bond donors (Lipinski definition) is 2. The second-order valence-electron chi connectivity index (χ2n) is 5.38. The molecule has 0 unspecified atom stereocenters. The second-order valence-corrected chi connectivity index (χ2v) is 5.38. The minimum atomic E-state index is 0.718. The van der Waals surface area contributed by atoms with E-state index in [0.29, 0.717) is 0 Å². The van der Waals surface area contributed by atoms with E-state index in [9.17, 15) is 0 Å². The van der Waals surface area contributed by atoms with Crippen LogP contribution in [0.25, 0.3) is 0 Å². The Morgan fingerprint density at radius 1 is 1.24 bits per heavy atom. The first kappa shape index (κ1) is 13.8. The van der Waals surface area contributed by atoms with E-state index in [4.69, 9.17) is 10.8 Å². The van der Waals surface area contributed by atoms with E-state index in [-0.39, 0.29) is 0 Å². The number of rotatable bonds is 3. The molecule has 0 amide bonds. The molecule has 0 atom stereocenters. The number of benzene rings is 1. The Morgan fingerprint density at radius 2 is 2.00 bits per heavy atom. The summed E-state index contributed by atoms with van der Waals surface area (Å²) in [7, 11) is 0. The summed E-state index contributed by atoms with van der Waals surface area (Å²) in [5.74, 6) is 8.12. The van der Waals surface area contributed by atoms with Crippen LogP contribution in [0, 0.1) is 6.92 Å². The van der Waals surface area contributed by atoms with E-state index in [1.165, 1.54) is 11.1 Å². The summed E-state index contributed by atoms with van der Waals surface area (Å²) in [6, 6.07) is 8.61. The van der Waals surface area contributed by atoms with Gasteiger partial charge in [-0.2, -0.15) is 0 Å². The first-order valence-electron chi connectivity index (χ1n) is 7.38. The standard InChI is InChI=1S/C16H21N5/c1-3-14-18-15(20-17)11(2)16(19-14)21-9-8-12-6-4-5-7-13(12)10-21/h4-7H,3,8-10,17H2,1-2H3,(H,18,19,20). The number of aryl methyl sites for hydroxylation is 1. The minimum Gasteiger partial charge on any atom is -0.352 e. The zero-order chi connectivity index (χ0) is 14.8. The molecule has 3 rings (SSSR count). The Morgan fingerprint density at radius 3 is 2.71 bits per heavy atom. The first-order valence-corrected chi connectivity index (χ1v) is 7.38. The van der Waals surface area contributed by atoms with E-state index < -0.39 is 0 Å². The molecule has 0 saturated heterocycles. The Balaban J connectivity index is 1.98. The molecule has 5 heteroatoms. The third kappa shape index (κ3) is 2.56. The van der Waals surface area contributed by atoms with Crippen LogP contribution in [0.2, 0.25) is 0 Å². The molecule has 0 radical (unpaired) electrons. The fourth-order valence-corrected chi connectivity index (χ4v) is 2.83. The lowest BCUT2D eigenvalue weighted by molar-refractivity contribution is 0.711. The van der Waals surface area contributed by atoms with Gasteiger partial charge in [-0.15, -0.1) is 0 Å². The highest BCUT2D eigenvalue weighted by atomic mass is 15.3. The molecule has 0 saturated carbocycles. The smallest absolute Gasteiger partial charge is 0.148 e. The van der Waals surface area contributed by atoms with E-state index >= 15 is 0 Å². The van der Waals surface area contributed by atoms with E-state index in [1.807, 2.05) is 6.92 Å². The maximum atomic E-state index is 5.59. The van der Waals surface area contributed by atoms with Crippen LogP contribution in [-0.2, 0) is 19.4 Å². The molecule has 0 fully saturated rings. The van der Waals surface area contributed by atoms with E-state index in [1.54, 1.807) is 0 Å². The maximum Gasteiger partial charge on any atom is 0.148 e. The number of hydrogen-bond acceptors (Lipinski definition) is 5. The number of aromatic nitrogens is 2. The Bertz CT molecular complexity index is 653. The topological polar surface area (TPSA) is 67.1 Å². The van der Waals surface area contributed by atoms with Gasteiger partial charge in [-0.05, 0) is 24.5 Å². The van der Waals surface area contributed by atoms with Gasteiger partial charge in [0.15, 0.2) is 0 Å². The monoisotopic (exact) mass is 283 g/mol. The normalized spacial score (nSPS) is 14.0. The van der Waals surface area contributed by atoms with Gasteiger partial charge in [0.25, 0.3) is 0 Å². The third-order valence-corrected chi connectivity index (χ3v) is 4.05. The molecule has 21 heavy (non-hydrogen) atoms. The van der Waals surface area contributed by atoms with Crippen LogP contribution in [-0.4, -0.2) is 16.5 Å². The summed E-state index contributed by atoms with van der Waals surface area (Å²) in [5, 5.41) is 0. The van der Waals surface area contributed by atoms with Crippen molar-refractivity contribution < 1.29 is 0 Å². The van der Waals surface area contributed by atoms with E-state index in [0.717, 1.165) is 49.0 Å². The lowest BCUT2D eigenvalue weighted by Crippen LogP contribution is -2.32. The van der Waals surface area contributed by atoms with Gasteiger partial charge in [0, 0.05) is 25.1 Å². The molecule has 2 heterocycles. The molecule has 1 aromatic heterocycles. The van der Waals surface area contributed by atoms with Gasteiger partial charge in [0.2, 0.25) is 0 Å². The van der Waals surface area contributed by atoms with Gasteiger partial charge in [-0.3, -0.25) is 0 Å². The van der Waals surface area contributed by atoms with Crippen LogP contribution in [0.1, 0.15) is 29.4 Å². The van der Waals surface area contributed by atoms with Crippen LogP contribution in [0.3, 0.4) is 0 Å². The summed E-state index contributed by atoms with van der Waals surface area (Å²) >= 11 is 0. The summed E-state index contributed by atoms with van der Waals surface area (Å²) in [5.41, 5.74) is 6.51. The zero-order valence-electron chi connectivity index (χ0n) is 12.6. The van der Waals surface area contributed by atoms with Crippen LogP contribution in [0.15, 0.2) is 24.3 Å². The number of nitrogens with two attached hydrogens (primary N) is 1. The van der Waals surface area contributed by atoms with E-state index in [2.05, 4.69) is 46.5 Å². The molecule has 5 nitrogen and oxygen atoms in total. The fraction of sp³-hybridized carbons (Fsp3) is 0.375. The van der Waals surface area contributed by atoms with Gasteiger partial charge in [0.1, 0.15) is 17.5 Å². The van der Waals surface area contributed by atoms with Crippen LogP contribution >= 0.6 is 0 Å². The van der Waals surface area contributed by atoms with Crippen LogP contribution in [0.5, 0.6) is 0 Å². The molecular weight excluding hydrogens is 262 g/mol. The zero-order valence-corrected chi connectivity index (χ0v) is 12.6. The number of hydrazine groups is 1. The molecule has 110 valence electrons. The molecule has 1 aliphatic heterocycles. The average Bonchev–Trinajstić information content (AvgIpc) is 2.54. The molecule has 1 aromatic carbocycles. The number of nitrogens with zero attached hydrogens (tertiary/aromatic N) is 3. The highest BCUT2D eigenvalue weighted by Crippen LogP contribution is 2.28. The molecule has 0 aliphatic carbocycles. The molecule has 0 bridgehead atoms. The van der Waals surface area contributed by atoms with Crippen LogP contribution < -0.4 is 16.2 Å². The molecule has 3 N–H and O–H groups in total. The van der Waals surface area contributed by atoms with Gasteiger partial charge >= 0.3 is 0 Å². The summed E-state index contributed by atoms with van der Waals surface area (Å²) in [6.07, 6.45) is 1.85. The van der Waals surface area contributed by atoms with Crippen molar-refractivity contribution in [3.8, 4) is 0 Å². The van der Waals surface area contributed by atoms with Gasteiger partial charge in [-0.25, -0.2) is 15.8 Å². The van der Waals surface area contributed by atoms with Crippen molar-refractivity contribution in [2.45, 2.75) is 33.2 Å². The molecule has 1 aliphatic rings. The quantitative estimate of drug-likeness (QED) is 0.667. The molecular formula is C16H21N5. The minimum absolute atomic E-state index is 0.718. The number of nitrogen functional groups attached to an aromatic ring is 1. The number of fused-ring (bicyclic) bond motifs is 1. The Labute approximate surface area is 125 Å². The van der Waals surface area contributed by atoms with Crippen molar-refractivity contribution in [2.75, 3.05) is 16.9 Å². The summed E-state index contributed by atoms with van der Waals surface area (Å²) in [6.45, 7) is 5.94. The lowest BCUT2D eigenvalue weighted by atomic mass is 10.00. The maximum absolute atomic E-state index is 5.59. The highest BCUT2D eigenvalue weighted by Gasteiger charge is 2.20. The van der Waals surface area contributed by atoms with Crippen molar-refractivity contribution in [2.24, 2.45) is 5.84 Å². The second kappa shape index (κ2) is 5.69. The average molecular weight is 283 g/mol. The SMILES string of the molecule is CCc1nc(NN)c(C)c(N2CCc3ccccc3C2)n1. The highest BCUT2D eigenvalue weighted by molar-refractivity contribution is 5.59. The Kier molecular flexibility index (Phi) is 3.75. The van der Waals surface area contributed by atoms with Crippen molar-refractivity contribution >= 4 is 11.6 Å². The Hall–Kier alpha value is -2.14. The number of nitrogens with one attached hydrogen (secondary N) is 1. The summed E-state index contributed by atoms with van der Waals surface area (Å²) in [4.78, 5) is 11.5. The first-order chi connectivity index (χ1) is 10.2. The van der Waals surface area contributed by atoms with Crippen molar-refractivity contribution in [3.05, 3.63) is 46.8 Å². The van der Waals surface area contributed by atoms with Crippen molar-refractivity contribution in [3.63, 3.8) is 0 Å². The predicted octanol–water partition coefficient (Wildman–Crippen LogP) is 2.20. The summed E-state index contributed by atoms with van der Waals surface area (Å²) < 4.78 is 0. The lowest BCUT2D eigenvalue weighted by Gasteiger charge is -2.31. The van der Waals surface area contributed by atoms with Gasteiger partial charge < -0.3 is 10.3 Å². The molecule has 2 aromatic rings. The molecule has 0 spiro atoms.